The zero-order valence-electron chi connectivity index (χ0n) is 9.88. The molecule has 3 nitrogen and oxygen atoms in total. The Bertz CT molecular complexity index is 580. The molecule has 0 saturated carbocycles. The zero-order valence-corrected chi connectivity index (χ0v) is 10.6. The Kier molecular flexibility index (Phi) is 4.03. The third kappa shape index (κ3) is 3.40. The molecule has 0 amide bonds. The van der Waals surface area contributed by atoms with Gasteiger partial charge in [0.2, 0.25) is 0 Å². The van der Waals surface area contributed by atoms with E-state index in [1.807, 2.05) is 0 Å². The third-order valence-corrected chi connectivity index (χ3v) is 2.98. The quantitative estimate of drug-likeness (QED) is 0.939. The van der Waals surface area contributed by atoms with Crippen LogP contribution in [0.4, 0.5) is 13.2 Å². The Morgan fingerprint density at radius 2 is 2.05 bits per heavy atom. The zero-order chi connectivity index (χ0) is 14.0. The first-order valence-electron chi connectivity index (χ1n) is 5.59. The van der Waals surface area contributed by atoms with Crippen LogP contribution in [0.3, 0.4) is 0 Å². The number of fused-ring (bicyclic) bond motifs is 1. The number of ether oxygens (including phenoxy) is 1. The maximum atomic E-state index is 11.9. The number of halogens is 4. The van der Waals surface area contributed by atoms with Crippen molar-refractivity contribution in [3.63, 3.8) is 0 Å². The Morgan fingerprint density at radius 3 is 2.68 bits per heavy atom. The van der Waals surface area contributed by atoms with Crippen LogP contribution >= 0.6 is 11.6 Å². The summed E-state index contributed by atoms with van der Waals surface area (Å²) in [6, 6.07) is 5.23. The molecule has 104 valence electrons. The monoisotopic (exact) mass is 292 g/mol. The highest BCUT2D eigenvalue weighted by atomic mass is 35.5. The van der Waals surface area contributed by atoms with Crippen molar-refractivity contribution in [3.8, 4) is 0 Å². The lowest BCUT2D eigenvalue weighted by atomic mass is 10.2. The van der Waals surface area contributed by atoms with Gasteiger partial charge in [0, 0.05) is 35.2 Å². The number of aromatic nitrogens is 1. The first kappa shape index (κ1) is 14.2. The van der Waals surface area contributed by atoms with Crippen LogP contribution in [-0.4, -0.2) is 17.5 Å². The molecule has 0 spiro atoms. The van der Waals surface area contributed by atoms with Crippen LogP contribution in [0.15, 0.2) is 24.4 Å². The van der Waals surface area contributed by atoms with E-state index < -0.39 is 13.0 Å². The minimum absolute atomic E-state index is 0.0797. The van der Waals surface area contributed by atoms with Crippen LogP contribution in [0.25, 0.3) is 10.9 Å². The van der Waals surface area contributed by atoms with Crippen molar-refractivity contribution in [2.24, 2.45) is 5.73 Å². The van der Waals surface area contributed by atoms with Gasteiger partial charge in [0.1, 0.15) is 0 Å². The highest BCUT2D eigenvalue weighted by Crippen LogP contribution is 2.25. The van der Waals surface area contributed by atoms with Crippen LogP contribution in [0.5, 0.6) is 0 Å². The van der Waals surface area contributed by atoms with E-state index in [1.54, 1.807) is 29.0 Å². The van der Waals surface area contributed by atoms with Crippen LogP contribution in [-0.2, 0) is 17.8 Å². The van der Waals surface area contributed by atoms with Crippen molar-refractivity contribution in [3.05, 3.63) is 35.0 Å². The standard InChI is InChI=1S/C12H12ClF3N2O/c13-9-1-2-10-8(6-17)7-18(11(10)5-9)3-4-19-12(14,15)16/h1-2,5,7H,3-4,6,17H2. The molecule has 0 aliphatic rings. The minimum Gasteiger partial charge on any atom is -0.345 e. The van der Waals surface area contributed by atoms with E-state index in [-0.39, 0.29) is 6.54 Å². The first-order valence-corrected chi connectivity index (χ1v) is 5.96. The van der Waals surface area contributed by atoms with Crippen LogP contribution < -0.4 is 5.73 Å². The average Bonchev–Trinajstić information content (AvgIpc) is 2.65. The normalized spacial score (nSPS) is 12.3. The van der Waals surface area contributed by atoms with Gasteiger partial charge < -0.3 is 10.3 Å². The number of nitrogens with two attached hydrogens (primary N) is 1. The van der Waals surface area contributed by atoms with Gasteiger partial charge in [-0.1, -0.05) is 17.7 Å². The van der Waals surface area contributed by atoms with Crippen molar-refractivity contribution in [1.29, 1.82) is 0 Å². The summed E-state index contributed by atoms with van der Waals surface area (Å²) >= 11 is 5.89. The van der Waals surface area contributed by atoms with Crippen LogP contribution in [0.2, 0.25) is 5.02 Å². The van der Waals surface area contributed by atoms with E-state index in [4.69, 9.17) is 17.3 Å². The molecule has 0 aliphatic heterocycles. The molecule has 2 aromatic rings. The molecule has 1 aromatic heterocycles. The molecule has 0 bridgehead atoms. The molecule has 7 heteroatoms. The fourth-order valence-electron chi connectivity index (χ4n) is 1.95. The Balaban J connectivity index is 2.25. The summed E-state index contributed by atoms with van der Waals surface area (Å²) in [6.45, 7) is -0.0641. The van der Waals surface area contributed by atoms with E-state index in [0.717, 1.165) is 16.5 Å². The van der Waals surface area contributed by atoms with E-state index in [0.29, 0.717) is 11.6 Å². The predicted molar refractivity (Wildman–Crippen MR) is 66.8 cm³/mol. The summed E-state index contributed by atoms with van der Waals surface area (Å²) in [6.07, 6.45) is -2.89. The number of rotatable bonds is 4. The maximum Gasteiger partial charge on any atom is 0.522 e. The topological polar surface area (TPSA) is 40.2 Å². The van der Waals surface area contributed by atoms with Crippen molar-refractivity contribution in [1.82, 2.24) is 4.57 Å². The fraction of sp³-hybridized carbons (Fsp3) is 0.333. The molecule has 19 heavy (non-hydrogen) atoms. The summed E-state index contributed by atoms with van der Waals surface area (Å²) in [4.78, 5) is 0. The van der Waals surface area contributed by atoms with Gasteiger partial charge in [0.25, 0.3) is 0 Å². The Hall–Kier alpha value is -1.24. The van der Waals surface area contributed by atoms with Crippen molar-refractivity contribution in [2.75, 3.05) is 6.61 Å². The molecule has 1 aromatic carbocycles. The van der Waals surface area contributed by atoms with E-state index >= 15 is 0 Å². The average molecular weight is 293 g/mol. The number of benzene rings is 1. The van der Waals surface area contributed by atoms with Crippen molar-refractivity contribution in [2.45, 2.75) is 19.5 Å². The summed E-state index contributed by atoms with van der Waals surface area (Å²) in [5.74, 6) is 0. The van der Waals surface area contributed by atoms with Gasteiger partial charge >= 0.3 is 6.36 Å². The molecule has 0 aliphatic carbocycles. The number of alkyl halides is 3. The third-order valence-electron chi connectivity index (χ3n) is 2.74. The highest BCUT2D eigenvalue weighted by Gasteiger charge is 2.28. The van der Waals surface area contributed by atoms with Crippen LogP contribution in [0, 0.1) is 0 Å². The van der Waals surface area contributed by atoms with Gasteiger partial charge in [-0.15, -0.1) is 13.2 Å². The Morgan fingerprint density at radius 1 is 1.32 bits per heavy atom. The van der Waals surface area contributed by atoms with Gasteiger partial charge in [0.15, 0.2) is 0 Å². The molecule has 0 unspecified atom stereocenters. The summed E-state index contributed by atoms with van der Waals surface area (Å²) < 4.78 is 41.2. The van der Waals surface area contributed by atoms with E-state index in [9.17, 15) is 13.2 Å². The van der Waals surface area contributed by atoms with Gasteiger partial charge in [-0.25, -0.2) is 0 Å². The second kappa shape index (κ2) is 5.40. The molecule has 0 saturated heterocycles. The van der Waals surface area contributed by atoms with Crippen molar-refractivity contribution >= 4 is 22.5 Å². The second-order valence-electron chi connectivity index (χ2n) is 4.01. The molecule has 0 atom stereocenters. The second-order valence-corrected chi connectivity index (χ2v) is 4.44. The predicted octanol–water partition coefficient (Wildman–Crippen LogP) is 3.29. The highest BCUT2D eigenvalue weighted by molar-refractivity contribution is 6.31. The molecular weight excluding hydrogens is 281 g/mol. The largest absolute Gasteiger partial charge is 0.522 e. The fourth-order valence-corrected chi connectivity index (χ4v) is 2.11. The number of nitrogens with zero attached hydrogens (tertiary/aromatic N) is 1. The Labute approximate surface area is 112 Å². The molecular formula is C12H12ClF3N2O. The lowest BCUT2D eigenvalue weighted by Gasteiger charge is -2.09. The van der Waals surface area contributed by atoms with Crippen LogP contribution in [0.1, 0.15) is 5.56 Å². The smallest absolute Gasteiger partial charge is 0.345 e. The molecule has 2 N–H and O–H groups in total. The van der Waals surface area contributed by atoms with Gasteiger partial charge in [-0.3, -0.25) is 4.74 Å². The summed E-state index contributed by atoms with van der Waals surface area (Å²) in [5.41, 5.74) is 7.22. The number of hydrogen-bond acceptors (Lipinski definition) is 2. The van der Waals surface area contributed by atoms with Gasteiger partial charge in [-0.05, 0) is 17.7 Å². The first-order chi connectivity index (χ1) is 8.90. The van der Waals surface area contributed by atoms with Gasteiger partial charge in [0.05, 0.1) is 6.61 Å². The maximum absolute atomic E-state index is 11.9. The van der Waals surface area contributed by atoms with E-state index in [1.165, 1.54) is 0 Å². The molecule has 1 heterocycles. The van der Waals surface area contributed by atoms with Crippen molar-refractivity contribution < 1.29 is 17.9 Å². The van der Waals surface area contributed by atoms with E-state index in [2.05, 4.69) is 4.74 Å². The lowest BCUT2D eigenvalue weighted by molar-refractivity contribution is -0.325. The number of hydrogen-bond donors (Lipinski definition) is 1. The molecule has 0 fully saturated rings. The summed E-state index contributed by atoms with van der Waals surface area (Å²) in [7, 11) is 0. The SMILES string of the molecule is NCc1cn(CCOC(F)(F)F)c2cc(Cl)ccc12. The minimum atomic E-state index is -4.61. The lowest BCUT2D eigenvalue weighted by Crippen LogP contribution is -2.17. The van der Waals surface area contributed by atoms with Gasteiger partial charge in [-0.2, -0.15) is 0 Å². The molecule has 2 rings (SSSR count). The summed E-state index contributed by atoms with van der Waals surface area (Å²) in [5, 5.41) is 1.41. The molecule has 0 radical (unpaired) electrons.